The van der Waals surface area contributed by atoms with Gasteiger partial charge in [-0.25, -0.2) is 0 Å². The van der Waals surface area contributed by atoms with Gasteiger partial charge in [-0.2, -0.15) is 0 Å². The lowest BCUT2D eigenvalue weighted by Crippen LogP contribution is -2.15. The second-order valence-corrected chi connectivity index (χ2v) is 6.26. The molecule has 0 unspecified atom stereocenters. The summed E-state index contributed by atoms with van der Waals surface area (Å²) >= 11 is 2.33. The zero-order chi connectivity index (χ0) is 15.5. The van der Waals surface area contributed by atoms with Gasteiger partial charge in [-0.3, -0.25) is 4.79 Å². The van der Waals surface area contributed by atoms with E-state index in [1.807, 2.05) is 24.3 Å². The van der Waals surface area contributed by atoms with E-state index in [1.54, 1.807) is 0 Å². The molecule has 0 aliphatic rings. The van der Waals surface area contributed by atoms with Crippen LogP contribution in [0.3, 0.4) is 0 Å². The van der Waals surface area contributed by atoms with Gasteiger partial charge in [0.15, 0.2) is 0 Å². The predicted octanol–water partition coefficient (Wildman–Crippen LogP) is 3.89. The van der Waals surface area contributed by atoms with Gasteiger partial charge in [-0.05, 0) is 36.6 Å². The van der Waals surface area contributed by atoms with Crippen LogP contribution in [0.1, 0.15) is 26.7 Å². The predicted molar refractivity (Wildman–Crippen MR) is 94.3 cm³/mol. The van der Waals surface area contributed by atoms with Gasteiger partial charge in [-0.15, -0.1) is 0 Å². The van der Waals surface area contributed by atoms with Crippen LogP contribution in [0.5, 0.6) is 5.75 Å². The van der Waals surface area contributed by atoms with E-state index in [0.29, 0.717) is 25.6 Å². The first kappa shape index (κ1) is 18.2. The van der Waals surface area contributed by atoms with Crippen molar-refractivity contribution in [1.82, 2.24) is 0 Å². The van der Waals surface area contributed by atoms with Crippen molar-refractivity contribution in [2.75, 3.05) is 29.6 Å². The van der Waals surface area contributed by atoms with Crippen molar-refractivity contribution >= 4 is 34.2 Å². The second-order valence-electron chi connectivity index (χ2n) is 5.18. The summed E-state index contributed by atoms with van der Waals surface area (Å²) in [5.41, 5.74) is 0.783. The summed E-state index contributed by atoms with van der Waals surface area (Å²) in [5, 5.41) is 2.85. The third-order valence-corrected chi connectivity index (χ3v) is 3.37. The molecule has 5 heteroatoms. The standard InChI is InChI=1S/C16H24INO3/c1-13(2)12-20-11-8-16(19)18-14-4-6-15(7-5-14)21-10-3-9-17/h4-7,13H,3,8-12H2,1-2H3,(H,18,19). The molecule has 0 radical (unpaired) electrons. The number of hydrogen-bond acceptors (Lipinski definition) is 3. The highest BCUT2D eigenvalue weighted by Crippen LogP contribution is 2.16. The molecule has 1 N–H and O–H groups in total. The number of halogens is 1. The number of benzene rings is 1. The molecular weight excluding hydrogens is 381 g/mol. The summed E-state index contributed by atoms with van der Waals surface area (Å²) in [6.45, 7) is 6.05. The van der Waals surface area contributed by atoms with Crippen molar-refractivity contribution in [2.45, 2.75) is 26.7 Å². The van der Waals surface area contributed by atoms with Gasteiger partial charge in [-0.1, -0.05) is 36.4 Å². The number of hydrogen-bond donors (Lipinski definition) is 1. The highest BCUT2D eigenvalue weighted by Gasteiger charge is 2.03. The number of alkyl halides is 1. The Morgan fingerprint density at radius 3 is 2.57 bits per heavy atom. The average Bonchev–Trinajstić information content (AvgIpc) is 2.45. The molecule has 0 aliphatic heterocycles. The normalized spacial score (nSPS) is 10.7. The Balaban J connectivity index is 2.26. The lowest BCUT2D eigenvalue weighted by atomic mass is 10.2. The lowest BCUT2D eigenvalue weighted by Gasteiger charge is -2.09. The Labute approximate surface area is 140 Å². The number of carbonyl (C=O) groups excluding carboxylic acids is 1. The Hall–Kier alpha value is -0.820. The van der Waals surface area contributed by atoms with Crippen molar-refractivity contribution in [3.05, 3.63) is 24.3 Å². The van der Waals surface area contributed by atoms with Gasteiger partial charge in [0, 0.05) is 16.7 Å². The molecule has 0 spiro atoms. The highest BCUT2D eigenvalue weighted by atomic mass is 127. The van der Waals surface area contributed by atoms with Crippen molar-refractivity contribution in [2.24, 2.45) is 5.92 Å². The molecule has 1 aromatic carbocycles. The third kappa shape index (κ3) is 8.93. The first-order valence-corrected chi connectivity index (χ1v) is 8.80. The van der Waals surface area contributed by atoms with Crippen LogP contribution >= 0.6 is 22.6 Å². The fraction of sp³-hybridized carbons (Fsp3) is 0.562. The van der Waals surface area contributed by atoms with Crippen molar-refractivity contribution in [3.63, 3.8) is 0 Å². The van der Waals surface area contributed by atoms with E-state index in [4.69, 9.17) is 9.47 Å². The highest BCUT2D eigenvalue weighted by molar-refractivity contribution is 14.1. The summed E-state index contributed by atoms with van der Waals surface area (Å²) in [7, 11) is 0. The molecule has 21 heavy (non-hydrogen) atoms. The van der Waals surface area contributed by atoms with Gasteiger partial charge in [0.1, 0.15) is 5.75 Å². The average molecular weight is 405 g/mol. The molecule has 0 aromatic heterocycles. The first-order chi connectivity index (χ1) is 10.1. The molecule has 0 saturated heterocycles. The second kappa shape index (κ2) is 10.8. The summed E-state index contributed by atoms with van der Waals surface area (Å²) in [6, 6.07) is 7.45. The first-order valence-electron chi connectivity index (χ1n) is 7.28. The fourth-order valence-electron chi connectivity index (χ4n) is 1.59. The van der Waals surface area contributed by atoms with Crippen LogP contribution in [0.2, 0.25) is 0 Å². The molecule has 0 fully saturated rings. The minimum atomic E-state index is -0.0302. The Bertz CT molecular complexity index is 406. The van der Waals surface area contributed by atoms with Crippen molar-refractivity contribution in [3.8, 4) is 5.75 Å². The summed E-state index contributed by atoms with van der Waals surface area (Å²) in [5.74, 6) is 1.29. The van der Waals surface area contributed by atoms with Crippen LogP contribution in [-0.4, -0.2) is 30.2 Å². The number of carbonyl (C=O) groups is 1. The van der Waals surface area contributed by atoms with E-state index >= 15 is 0 Å². The maximum Gasteiger partial charge on any atom is 0.226 e. The molecule has 0 atom stereocenters. The van der Waals surface area contributed by atoms with E-state index in [2.05, 4.69) is 41.8 Å². The van der Waals surface area contributed by atoms with E-state index < -0.39 is 0 Å². The van der Waals surface area contributed by atoms with E-state index in [1.165, 1.54) is 0 Å². The molecule has 0 aliphatic carbocycles. The van der Waals surface area contributed by atoms with Crippen LogP contribution in [0.25, 0.3) is 0 Å². The molecular formula is C16H24INO3. The largest absolute Gasteiger partial charge is 0.494 e. The summed E-state index contributed by atoms with van der Waals surface area (Å²) in [4.78, 5) is 11.7. The molecule has 1 amide bonds. The number of amides is 1. The quantitative estimate of drug-likeness (QED) is 0.365. The summed E-state index contributed by atoms with van der Waals surface area (Å²) < 4.78 is 12.1. The van der Waals surface area contributed by atoms with Crippen LogP contribution in [0.15, 0.2) is 24.3 Å². The Morgan fingerprint density at radius 1 is 1.24 bits per heavy atom. The van der Waals surface area contributed by atoms with Gasteiger partial charge < -0.3 is 14.8 Å². The number of ether oxygens (including phenoxy) is 2. The van der Waals surface area contributed by atoms with Crippen LogP contribution in [0, 0.1) is 5.92 Å². The molecule has 118 valence electrons. The summed E-state index contributed by atoms with van der Waals surface area (Å²) in [6.07, 6.45) is 1.41. The molecule has 1 rings (SSSR count). The van der Waals surface area contributed by atoms with Gasteiger partial charge in [0.2, 0.25) is 5.91 Å². The molecule has 0 saturated carbocycles. The third-order valence-electron chi connectivity index (χ3n) is 2.61. The van der Waals surface area contributed by atoms with Crippen LogP contribution < -0.4 is 10.1 Å². The fourth-order valence-corrected chi connectivity index (χ4v) is 1.90. The van der Waals surface area contributed by atoms with E-state index in [9.17, 15) is 4.79 Å². The van der Waals surface area contributed by atoms with Gasteiger partial charge in [0.25, 0.3) is 0 Å². The lowest BCUT2D eigenvalue weighted by molar-refractivity contribution is -0.117. The molecule has 0 bridgehead atoms. The number of rotatable bonds is 10. The van der Waals surface area contributed by atoms with E-state index in [0.717, 1.165) is 28.9 Å². The molecule has 1 aromatic rings. The van der Waals surface area contributed by atoms with Crippen LogP contribution in [0.4, 0.5) is 5.69 Å². The SMILES string of the molecule is CC(C)COCCC(=O)Nc1ccc(OCCCI)cc1. The van der Waals surface area contributed by atoms with Crippen LogP contribution in [-0.2, 0) is 9.53 Å². The minimum Gasteiger partial charge on any atom is -0.494 e. The van der Waals surface area contributed by atoms with Gasteiger partial charge >= 0.3 is 0 Å². The smallest absolute Gasteiger partial charge is 0.226 e. The number of nitrogens with one attached hydrogen (secondary N) is 1. The maximum absolute atomic E-state index is 11.7. The number of anilines is 1. The monoisotopic (exact) mass is 405 g/mol. The van der Waals surface area contributed by atoms with Gasteiger partial charge in [0.05, 0.1) is 19.6 Å². The topological polar surface area (TPSA) is 47.6 Å². The Morgan fingerprint density at radius 2 is 1.95 bits per heavy atom. The minimum absolute atomic E-state index is 0.0302. The Kier molecular flexibility index (Phi) is 9.41. The zero-order valence-corrected chi connectivity index (χ0v) is 14.9. The maximum atomic E-state index is 11.7. The zero-order valence-electron chi connectivity index (χ0n) is 12.7. The van der Waals surface area contributed by atoms with Crippen molar-refractivity contribution < 1.29 is 14.3 Å². The van der Waals surface area contributed by atoms with Crippen molar-refractivity contribution in [1.29, 1.82) is 0 Å². The molecule has 0 heterocycles. The van der Waals surface area contributed by atoms with E-state index in [-0.39, 0.29) is 5.91 Å². The molecule has 4 nitrogen and oxygen atoms in total.